The van der Waals surface area contributed by atoms with Gasteiger partial charge in [-0.25, -0.2) is 9.97 Å². The smallest absolute Gasteiger partial charge is 0.189 e. The van der Waals surface area contributed by atoms with Crippen molar-refractivity contribution < 1.29 is 14.2 Å². The van der Waals surface area contributed by atoms with Crippen LogP contribution < -0.4 is 19.5 Å². The van der Waals surface area contributed by atoms with Crippen molar-refractivity contribution >= 4 is 23.3 Å². The topological polar surface area (TPSA) is 89.3 Å². The fraction of sp³-hybridized carbons (Fsp3) is 0.261. The molecule has 1 aromatic heterocycles. The lowest BCUT2D eigenvalue weighted by molar-refractivity contribution is 0.244. The monoisotopic (exact) mass is 436 g/mol. The molecule has 1 N–H and O–H groups in total. The van der Waals surface area contributed by atoms with E-state index in [0.29, 0.717) is 39.5 Å². The molecule has 0 bridgehead atoms. The van der Waals surface area contributed by atoms with Crippen molar-refractivity contribution in [1.29, 1.82) is 5.26 Å². The van der Waals surface area contributed by atoms with Gasteiger partial charge in [-0.15, -0.1) is 0 Å². The highest BCUT2D eigenvalue weighted by atomic mass is 32.2. The molecule has 0 unspecified atom stereocenters. The number of hydrogen-bond acceptors (Lipinski definition) is 8. The number of methoxy groups -OCH3 is 2. The second kappa shape index (κ2) is 10.0. The van der Waals surface area contributed by atoms with Crippen molar-refractivity contribution in [1.82, 2.24) is 9.97 Å². The predicted octanol–water partition coefficient (Wildman–Crippen LogP) is 5.29. The summed E-state index contributed by atoms with van der Waals surface area (Å²) in [5, 5.41) is 13.8. The van der Waals surface area contributed by atoms with Crippen LogP contribution in [0.25, 0.3) is 11.3 Å². The minimum Gasteiger partial charge on any atom is -0.493 e. The minimum absolute atomic E-state index is 0.00729. The minimum atomic E-state index is 0.00729. The van der Waals surface area contributed by atoms with E-state index >= 15 is 0 Å². The van der Waals surface area contributed by atoms with Crippen LogP contribution in [0.15, 0.2) is 47.6 Å². The van der Waals surface area contributed by atoms with Crippen LogP contribution in [0.2, 0.25) is 0 Å². The summed E-state index contributed by atoms with van der Waals surface area (Å²) in [6, 6.07) is 15.2. The third kappa shape index (κ3) is 5.01. The largest absolute Gasteiger partial charge is 0.493 e. The van der Waals surface area contributed by atoms with Gasteiger partial charge in [0.05, 0.1) is 31.7 Å². The average molecular weight is 437 g/mol. The molecule has 1 heterocycles. The number of benzene rings is 2. The van der Waals surface area contributed by atoms with Crippen molar-refractivity contribution in [2.75, 3.05) is 25.8 Å². The highest BCUT2D eigenvalue weighted by molar-refractivity contribution is 7.98. The Morgan fingerprint density at radius 2 is 1.74 bits per heavy atom. The summed E-state index contributed by atoms with van der Waals surface area (Å²) in [6.07, 6.45) is 1.90. The van der Waals surface area contributed by atoms with E-state index in [9.17, 15) is 5.26 Å². The summed E-state index contributed by atoms with van der Waals surface area (Å²) in [4.78, 5) is 9.14. The van der Waals surface area contributed by atoms with Gasteiger partial charge >= 0.3 is 0 Å². The number of para-hydroxylation sites is 2. The van der Waals surface area contributed by atoms with Crippen molar-refractivity contribution in [3.63, 3.8) is 0 Å². The molecule has 0 atom stereocenters. The van der Waals surface area contributed by atoms with Gasteiger partial charge in [0, 0.05) is 5.56 Å². The summed E-state index contributed by atoms with van der Waals surface area (Å²) in [7, 11) is 3.15. The molecular weight excluding hydrogens is 412 g/mol. The van der Waals surface area contributed by atoms with E-state index in [2.05, 4.69) is 21.4 Å². The van der Waals surface area contributed by atoms with Crippen molar-refractivity contribution in [2.24, 2.45) is 0 Å². The van der Waals surface area contributed by atoms with E-state index in [1.807, 2.05) is 50.4 Å². The highest BCUT2D eigenvalue weighted by Gasteiger charge is 2.19. The standard InChI is InChI=1S/C23H24N4O3S/c1-14(2)30-18-9-7-6-8-17(18)25-22-16(13-24)21(26-23(27-22)31-5)15-10-11-19(28-3)20(12-15)29-4/h6-12,14H,1-5H3,(H,25,26,27). The van der Waals surface area contributed by atoms with Gasteiger partial charge in [0.15, 0.2) is 22.5 Å². The fourth-order valence-corrected chi connectivity index (χ4v) is 3.34. The molecule has 0 fully saturated rings. The van der Waals surface area contributed by atoms with Gasteiger partial charge in [-0.2, -0.15) is 5.26 Å². The second-order valence-electron chi connectivity index (χ2n) is 6.75. The molecule has 0 amide bonds. The predicted molar refractivity (Wildman–Crippen MR) is 123 cm³/mol. The molecular formula is C23H24N4O3S. The maximum Gasteiger partial charge on any atom is 0.189 e. The summed E-state index contributed by atoms with van der Waals surface area (Å²) >= 11 is 1.40. The van der Waals surface area contributed by atoms with E-state index in [-0.39, 0.29) is 6.10 Å². The lowest BCUT2D eigenvalue weighted by Gasteiger charge is -2.17. The summed E-state index contributed by atoms with van der Waals surface area (Å²) in [6.45, 7) is 3.92. The Bertz CT molecular complexity index is 1110. The Labute approximate surface area is 186 Å². The van der Waals surface area contributed by atoms with Gasteiger partial charge in [-0.3, -0.25) is 0 Å². The first kappa shape index (κ1) is 22.2. The van der Waals surface area contributed by atoms with Gasteiger partial charge in [0.2, 0.25) is 0 Å². The zero-order chi connectivity index (χ0) is 22.4. The third-order valence-corrected chi connectivity index (χ3v) is 4.89. The molecule has 0 radical (unpaired) electrons. The van der Waals surface area contributed by atoms with E-state index in [0.717, 1.165) is 11.3 Å². The van der Waals surface area contributed by atoms with Crippen LogP contribution in [0.3, 0.4) is 0 Å². The third-order valence-electron chi connectivity index (χ3n) is 4.34. The van der Waals surface area contributed by atoms with Crippen LogP contribution in [-0.2, 0) is 0 Å². The summed E-state index contributed by atoms with van der Waals surface area (Å²) in [5.41, 5.74) is 2.27. The molecule has 0 aliphatic rings. The van der Waals surface area contributed by atoms with Crippen LogP contribution in [0.5, 0.6) is 17.2 Å². The number of rotatable bonds is 8. The molecule has 0 aliphatic carbocycles. The lowest BCUT2D eigenvalue weighted by atomic mass is 10.1. The molecule has 3 aromatic rings. The quantitative estimate of drug-likeness (QED) is 0.377. The number of thioether (sulfide) groups is 1. The first-order valence-corrected chi connectivity index (χ1v) is 10.8. The number of hydrogen-bond donors (Lipinski definition) is 1. The van der Waals surface area contributed by atoms with E-state index in [1.54, 1.807) is 26.4 Å². The molecule has 2 aromatic carbocycles. The Hall–Kier alpha value is -3.44. The fourth-order valence-electron chi connectivity index (χ4n) is 2.97. The number of nitriles is 1. The molecule has 0 saturated carbocycles. The summed E-state index contributed by atoms with van der Waals surface area (Å²) < 4.78 is 16.6. The van der Waals surface area contributed by atoms with Crippen molar-refractivity contribution in [3.05, 3.63) is 48.0 Å². The van der Waals surface area contributed by atoms with Crippen LogP contribution >= 0.6 is 11.8 Å². The van der Waals surface area contributed by atoms with E-state index < -0.39 is 0 Å². The number of nitrogens with one attached hydrogen (secondary N) is 1. The van der Waals surface area contributed by atoms with E-state index in [1.165, 1.54) is 11.8 Å². The zero-order valence-corrected chi connectivity index (χ0v) is 18.9. The summed E-state index contributed by atoms with van der Waals surface area (Å²) in [5.74, 6) is 2.24. The van der Waals surface area contributed by atoms with Gasteiger partial charge in [0.1, 0.15) is 17.4 Å². The SMILES string of the molecule is COc1ccc(-c2nc(SC)nc(Nc3ccccc3OC(C)C)c2C#N)cc1OC. The molecule has 0 spiro atoms. The zero-order valence-electron chi connectivity index (χ0n) is 18.1. The van der Waals surface area contributed by atoms with Gasteiger partial charge in [-0.05, 0) is 50.4 Å². The van der Waals surface area contributed by atoms with Gasteiger partial charge in [0.25, 0.3) is 0 Å². The molecule has 3 rings (SSSR count). The maximum absolute atomic E-state index is 9.98. The van der Waals surface area contributed by atoms with Crippen LogP contribution in [0.1, 0.15) is 19.4 Å². The first-order chi connectivity index (χ1) is 15.0. The van der Waals surface area contributed by atoms with Crippen molar-refractivity contribution in [3.8, 4) is 34.6 Å². The van der Waals surface area contributed by atoms with Crippen LogP contribution in [-0.4, -0.2) is 36.5 Å². The van der Waals surface area contributed by atoms with E-state index in [4.69, 9.17) is 14.2 Å². The maximum atomic E-state index is 9.98. The van der Waals surface area contributed by atoms with Crippen LogP contribution in [0.4, 0.5) is 11.5 Å². The number of anilines is 2. The molecule has 0 aliphatic heterocycles. The van der Waals surface area contributed by atoms with Crippen LogP contribution in [0, 0.1) is 11.3 Å². The Kier molecular flexibility index (Phi) is 7.21. The normalized spacial score (nSPS) is 10.5. The molecule has 31 heavy (non-hydrogen) atoms. The van der Waals surface area contributed by atoms with Gasteiger partial charge in [-0.1, -0.05) is 23.9 Å². The lowest BCUT2D eigenvalue weighted by Crippen LogP contribution is -2.09. The van der Waals surface area contributed by atoms with Gasteiger partial charge < -0.3 is 19.5 Å². The molecule has 0 saturated heterocycles. The number of nitrogens with zero attached hydrogens (tertiary/aromatic N) is 3. The first-order valence-electron chi connectivity index (χ1n) is 9.62. The number of ether oxygens (including phenoxy) is 3. The Balaban J connectivity index is 2.13. The molecule has 160 valence electrons. The molecule has 7 nitrogen and oxygen atoms in total. The van der Waals surface area contributed by atoms with Crippen molar-refractivity contribution in [2.45, 2.75) is 25.1 Å². The average Bonchev–Trinajstić information content (AvgIpc) is 2.78. The highest BCUT2D eigenvalue weighted by Crippen LogP contribution is 2.36. The molecule has 8 heteroatoms. The number of aromatic nitrogens is 2. The Morgan fingerprint density at radius 1 is 1.00 bits per heavy atom. The second-order valence-corrected chi connectivity index (χ2v) is 7.53. The Morgan fingerprint density at radius 3 is 2.39 bits per heavy atom.